The number of carbonyl (C=O) groups is 1. The smallest absolute Gasteiger partial charge is 0.344 e. The minimum Gasteiger partial charge on any atom is -0.482 e. The van der Waals surface area contributed by atoms with Crippen molar-refractivity contribution in [3.63, 3.8) is 0 Å². The van der Waals surface area contributed by atoms with Crippen molar-refractivity contribution >= 4 is 29.1 Å². The highest BCUT2D eigenvalue weighted by Gasteiger charge is 2.22. The summed E-state index contributed by atoms with van der Waals surface area (Å²) < 4.78 is 10.7. The van der Waals surface area contributed by atoms with Crippen LogP contribution in [0.15, 0.2) is 95.9 Å². The molecule has 0 aliphatic rings. The van der Waals surface area contributed by atoms with Gasteiger partial charge in [-0.1, -0.05) is 83.9 Å². The molecule has 0 amide bonds. The Balaban J connectivity index is 1.41. The molecule has 0 saturated heterocycles. The largest absolute Gasteiger partial charge is 0.482 e. The molecule has 1 atom stereocenters. The lowest BCUT2D eigenvalue weighted by atomic mass is 10.0. The van der Waals surface area contributed by atoms with E-state index in [1.807, 2.05) is 24.8 Å². The van der Waals surface area contributed by atoms with Crippen molar-refractivity contribution in [2.45, 2.75) is 51.2 Å². The molecule has 43 heavy (non-hydrogen) atoms. The highest BCUT2D eigenvalue weighted by molar-refractivity contribution is 7.99. The molecule has 0 bridgehead atoms. The Labute approximate surface area is 263 Å². The van der Waals surface area contributed by atoms with Crippen molar-refractivity contribution in [1.29, 1.82) is 0 Å². The van der Waals surface area contributed by atoms with Crippen molar-refractivity contribution in [2.75, 3.05) is 13.2 Å². The number of benzene rings is 4. The predicted octanol–water partition coefficient (Wildman–Crippen LogP) is 9.73. The molecule has 6 heteroatoms. The molecule has 220 valence electrons. The van der Waals surface area contributed by atoms with Crippen LogP contribution in [0.3, 0.4) is 0 Å². The monoisotopic (exact) mass is 607 g/mol. The van der Waals surface area contributed by atoms with Crippen LogP contribution in [-0.4, -0.2) is 24.2 Å². The topological polar surface area (TPSA) is 48.4 Å². The number of thioether (sulfide) groups is 1. The summed E-state index contributed by atoms with van der Waals surface area (Å²) in [5.74, 6) is 0.329. The van der Waals surface area contributed by atoms with E-state index in [-0.39, 0.29) is 17.8 Å². The van der Waals surface area contributed by atoms with E-state index in [1.54, 1.807) is 18.3 Å². The van der Waals surface area contributed by atoms with Gasteiger partial charge in [0.15, 0.2) is 6.61 Å². The first-order chi connectivity index (χ1) is 20.8. The lowest BCUT2D eigenvalue weighted by Gasteiger charge is -2.18. The maximum absolute atomic E-state index is 11.8. The van der Waals surface area contributed by atoms with Crippen molar-refractivity contribution < 1.29 is 14.3 Å². The van der Waals surface area contributed by atoms with Gasteiger partial charge in [-0.15, -0.1) is 23.1 Å². The fourth-order valence-corrected chi connectivity index (χ4v) is 7.48. The van der Waals surface area contributed by atoms with Crippen LogP contribution >= 0.6 is 23.1 Å². The molecule has 0 fully saturated rings. The van der Waals surface area contributed by atoms with E-state index in [4.69, 9.17) is 14.5 Å². The maximum atomic E-state index is 11.8. The molecule has 0 aliphatic carbocycles. The van der Waals surface area contributed by atoms with Crippen LogP contribution in [0, 0.1) is 27.7 Å². The number of ether oxygens (including phenoxy) is 2. The second kappa shape index (κ2) is 14.1. The van der Waals surface area contributed by atoms with Gasteiger partial charge in [0, 0.05) is 20.6 Å². The highest BCUT2D eigenvalue weighted by Crippen LogP contribution is 2.44. The Hall–Kier alpha value is -3.87. The van der Waals surface area contributed by atoms with Crippen LogP contribution in [0.2, 0.25) is 0 Å². The Morgan fingerprint density at radius 1 is 0.814 bits per heavy atom. The van der Waals surface area contributed by atoms with Gasteiger partial charge in [-0.3, -0.25) is 0 Å². The zero-order valence-corrected chi connectivity index (χ0v) is 27.0. The lowest BCUT2D eigenvalue weighted by Crippen LogP contribution is -2.14. The molecule has 4 nitrogen and oxygen atoms in total. The second-order valence-electron chi connectivity index (χ2n) is 10.7. The molecule has 1 aromatic heterocycles. The fourth-order valence-electron chi connectivity index (χ4n) is 4.87. The van der Waals surface area contributed by atoms with Crippen molar-refractivity contribution in [3.8, 4) is 27.4 Å². The highest BCUT2D eigenvalue weighted by atomic mass is 32.2. The van der Waals surface area contributed by atoms with Gasteiger partial charge < -0.3 is 9.47 Å². The standard InChI is InChI=1S/C37H37NO3S2/c1-6-40-35(39)23-41-33-20-19-32(21-26(33)4)42-34(36-27(5)38-37(43-36)31-15-9-25(3)10-16-31)22-28-11-17-30(18-12-28)29-13-7-24(2)8-14-29/h7-21,34H,6,22-23H2,1-5H3. The van der Waals surface area contributed by atoms with Crippen LogP contribution in [0.5, 0.6) is 5.75 Å². The fraction of sp³-hybridized carbons (Fsp3) is 0.243. The summed E-state index contributed by atoms with van der Waals surface area (Å²) in [5, 5.41) is 1.22. The van der Waals surface area contributed by atoms with Gasteiger partial charge in [-0.2, -0.15) is 0 Å². The first-order valence-electron chi connectivity index (χ1n) is 14.5. The first kappa shape index (κ1) is 30.6. The van der Waals surface area contributed by atoms with Crippen LogP contribution in [0.25, 0.3) is 21.7 Å². The summed E-state index contributed by atoms with van der Waals surface area (Å²) in [6.45, 7) is 10.4. The van der Waals surface area contributed by atoms with E-state index in [0.717, 1.165) is 33.1 Å². The van der Waals surface area contributed by atoms with E-state index < -0.39 is 0 Å². The van der Waals surface area contributed by atoms with E-state index in [0.29, 0.717) is 12.4 Å². The van der Waals surface area contributed by atoms with Gasteiger partial charge in [0.1, 0.15) is 10.8 Å². The van der Waals surface area contributed by atoms with E-state index in [2.05, 4.69) is 106 Å². The number of nitrogens with zero attached hydrogens (tertiary/aromatic N) is 1. The average molecular weight is 608 g/mol. The molecule has 0 spiro atoms. The molecule has 5 rings (SSSR count). The molecule has 0 saturated carbocycles. The van der Waals surface area contributed by atoms with Gasteiger partial charge in [-0.25, -0.2) is 9.78 Å². The third-order valence-corrected chi connectivity index (χ3v) is 9.94. The first-order valence-corrected chi connectivity index (χ1v) is 16.2. The van der Waals surface area contributed by atoms with Crippen molar-refractivity contribution in [2.24, 2.45) is 0 Å². The van der Waals surface area contributed by atoms with Gasteiger partial charge in [-0.05, 0) is 81.5 Å². The number of thiazole rings is 1. The summed E-state index contributed by atoms with van der Waals surface area (Å²) in [6.07, 6.45) is 0.870. The average Bonchev–Trinajstić information content (AvgIpc) is 3.39. The summed E-state index contributed by atoms with van der Waals surface area (Å²) in [4.78, 5) is 19.2. The molecule has 5 aromatic rings. The molecule has 0 N–H and O–H groups in total. The lowest BCUT2D eigenvalue weighted by molar-refractivity contribution is -0.145. The number of aromatic nitrogens is 1. The van der Waals surface area contributed by atoms with Crippen LogP contribution < -0.4 is 4.74 Å². The number of aryl methyl sites for hydroxylation is 4. The number of hydrogen-bond acceptors (Lipinski definition) is 6. The van der Waals surface area contributed by atoms with Gasteiger partial charge in [0.05, 0.1) is 12.3 Å². The summed E-state index contributed by atoms with van der Waals surface area (Å²) in [5.41, 5.74) is 9.43. The molecule has 1 heterocycles. The number of rotatable bonds is 11. The molecule has 0 aliphatic heterocycles. The summed E-state index contributed by atoms with van der Waals surface area (Å²) in [6, 6.07) is 32.4. The van der Waals surface area contributed by atoms with E-state index in [1.165, 1.54) is 32.7 Å². The Morgan fingerprint density at radius 2 is 1.42 bits per heavy atom. The molecule has 1 unspecified atom stereocenters. The molecule has 4 aromatic carbocycles. The quantitative estimate of drug-likeness (QED) is 0.111. The van der Waals surface area contributed by atoms with Crippen molar-refractivity contribution in [1.82, 2.24) is 4.98 Å². The maximum Gasteiger partial charge on any atom is 0.344 e. The summed E-state index contributed by atoms with van der Waals surface area (Å²) in [7, 11) is 0. The summed E-state index contributed by atoms with van der Waals surface area (Å²) >= 11 is 3.62. The molecular formula is C37H37NO3S2. The van der Waals surface area contributed by atoms with Gasteiger partial charge >= 0.3 is 5.97 Å². The Bertz CT molecular complexity index is 1670. The second-order valence-corrected chi connectivity index (χ2v) is 13.0. The van der Waals surface area contributed by atoms with Gasteiger partial charge in [0.25, 0.3) is 0 Å². The minimum absolute atomic E-state index is 0.0930. The Kier molecular flexibility index (Phi) is 10.0. The predicted molar refractivity (Wildman–Crippen MR) is 179 cm³/mol. The zero-order chi connectivity index (χ0) is 30.3. The third-order valence-electron chi connectivity index (χ3n) is 7.26. The van der Waals surface area contributed by atoms with Crippen LogP contribution in [0.1, 0.15) is 45.0 Å². The number of esters is 1. The Morgan fingerprint density at radius 3 is 2.02 bits per heavy atom. The minimum atomic E-state index is -0.362. The van der Waals surface area contributed by atoms with E-state index >= 15 is 0 Å². The normalized spacial score (nSPS) is 11.7. The molecular weight excluding hydrogens is 571 g/mol. The van der Waals surface area contributed by atoms with Crippen LogP contribution in [0.4, 0.5) is 0 Å². The SMILES string of the molecule is CCOC(=O)COc1ccc(SC(Cc2ccc(-c3ccc(C)cc3)cc2)c2sc(-c3ccc(C)cc3)nc2C)cc1C. The van der Waals surface area contributed by atoms with Crippen LogP contribution in [-0.2, 0) is 16.0 Å². The number of carbonyl (C=O) groups excluding carboxylic acids is 1. The van der Waals surface area contributed by atoms with Crippen molar-refractivity contribution in [3.05, 3.63) is 124 Å². The zero-order valence-electron chi connectivity index (χ0n) is 25.3. The van der Waals surface area contributed by atoms with Gasteiger partial charge in [0.2, 0.25) is 0 Å². The molecule has 0 radical (unpaired) electrons. The number of hydrogen-bond donors (Lipinski definition) is 0. The third kappa shape index (κ3) is 7.95. The van der Waals surface area contributed by atoms with E-state index in [9.17, 15) is 4.79 Å².